The van der Waals surface area contributed by atoms with Gasteiger partial charge < -0.3 is 16.8 Å². The molecule has 0 spiro atoms. The van der Waals surface area contributed by atoms with Crippen LogP contribution in [0.15, 0.2) is 29.2 Å². The highest BCUT2D eigenvalue weighted by Gasteiger charge is 2.06. The van der Waals surface area contributed by atoms with Crippen molar-refractivity contribution in [1.82, 2.24) is 0 Å². The lowest BCUT2D eigenvalue weighted by atomic mass is 10.3. The first-order valence-corrected chi connectivity index (χ1v) is 6.82. The minimum Gasteiger partial charge on any atom is -0.383 e. The minimum absolute atomic E-state index is 0.102. The molecule has 0 amide bonds. The fourth-order valence-corrected chi connectivity index (χ4v) is 1.78. The summed E-state index contributed by atoms with van der Waals surface area (Å²) in [4.78, 5) is 0.307. The van der Waals surface area contributed by atoms with E-state index < -0.39 is 9.84 Å². The number of rotatable bonds is 5. The number of sulfone groups is 1. The van der Waals surface area contributed by atoms with Crippen LogP contribution in [0.1, 0.15) is 0 Å². The van der Waals surface area contributed by atoms with Crippen molar-refractivity contribution in [3.05, 3.63) is 24.3 Å². The van der Waals surface area contributed by atoms with E-state index in [1.54, 1.807) is 24.3 Å². The highest BCUT2D eigenvalue weighted by atomic mass is 32.2. The van der Waals surface area contributed by atoms with Crippen molar-refractivity contribution in [3.63, 3.8) is 0 Å². The number of nitrogens with two attached hydrogens (primary N) is 2. The lowest BCUT2D eigenvalue weighted by Crippen LogP contribution is -2.36. The average molecular weight is 243 g/mol. The predicted molar refractivity (Wildman–Crippen MR) is 65.1 cm³/mol. The molecule has 0 saturated heterocycles. The average Bonchev–Trinajstić information content (AvgIpc) is 2.25. The van der Waals surface area contributed by atoms with Crippen molar-refractivity contribution in [2.75, 3.05) is 24.7 Å². The molecule has 90 valence electrons. The van der Waals surface area contributed by atoms with Crippen molar-refractivity contribution < 1.29 is 8.42 Å². The predicted octanol–water partition coefficient (Wildman–Crippen LogP) is -0.212. The molecule has 1 aromatic rings. The van der Waals surface area contributed by atoms with Gasteiger partial charge >= 0.3 is 0 Å². The molecule has 16 heavy (non-hydrogen) atoms. The number of hydrogen-bond donors (Lipinski definition) is 3. The first kappa shape index (κ1) is 13.0. The summed E-state index contributed by atoms with van der Waals surface area (Å²) in [7, 11) is -3.13. The van der Waals surface area contributed by atoms with Crippen LogP contribution in [0.2, 0.25) is 0 Å². The van der Waals surface area contributed by atoms with Crippen LogP contribution in [0.3, 0.4) is 0 Å². The highest BCUT2D eigenvalue weighted by molar-refractivity contribution is 7.90. The molecule has 0 radical (unpaired) electrons. The van der Waals surface area contributed by atoms with Gasteiger partial charge in [-0.2, -0.15) is 0 Å². The van der Waals surface area contributed by atoms with Gasteiger partial charge in [0.15, 0.2) is 9.84 Å². The van der Waals surface area contributed by atoms with Crippen LogP contribution in [0.4, 0.5) is 5.69 Å². The normalized spacial score (nSPS) is 13.4. The Hall–Kier alpha value is -1.11. The lowest BCUT2D eigenvalue weighted by molar-refractivity contribution is 0.602. The molecule has 1 rings (SSSR count). The van der Waals surface area contributed by atoms with Crippen LogP contribution in [0.5, 0.6) is 0 Å². The Morgan fingerprint density at radius 2 is 1.88 bits per heavy atom. The zero-order valence-electron chi connectivity index (χ0n) is 9.18. The Morgan fingerprint density at radius 1 is 1.31 bits per heavy atom. The van der Waals surface area contributed by atoms with E-state index in [0.29, 0.717) is 18.0 Å². The lowest BCUT2D eigenvalue weighted by Gasteiger charge is -2.11. The fourth-order valence-electron chi connectivity index (χ4n) is 1.15. The van der Waals surface area contributed by atoms with E-state index in [1.807, 2.05) is 0 Å². The van der Waals surface area contributed by atoms with E-state index in [-0.39, 0.29) is 6.04 Å². The summed E-state index contributed by atoms with van der Waals surface area (Å²) in [5, 5.41) is 3.07. The van der Waals surface area contributed by atoms with E-state index >= 15 is 0 Å². The number of benzene rings is 1. The summed E-state index contributed by atoms with van der Waals surface area (Å²) in [6, 6.07) is 6.44. The molecule has 0 saturated carbocycles. The van der Waals surface area contributed by atoms with Crippen LogP contribution >= 0.6 is 0 Å². The quantitative estimate of drug-likeness (QED) is 0.664. The third kappa shape index (κ3) is 3.80. The van der Waals surface area contributed by atoms with Gasteiger partial charge in [-0.05, 0) is 24.3 Å². The molecule has 0 aliphatic heterocycles. The Balaban J connectivity index is 2.66. The van der Waals surface area contributed by atoms with Crippen LogP contribution in [0.25, 0.3) is 0 Å². The highest BCUT2D eigenvalue weighted by Crippen LogP contribution is 2.13. The molecule has 0 aromatic heterocycles. The van der Waals surface area contributed by atoms with Crippen LogP contribution in [-0.4, -0.2) is 33.8 Å². The Labute approximate surface area is 95.7 Å². The van der Waals surface area contributed by atoms with Crippen molar-refractivity contribution in [3.8, 4) is 0 Å². The number of hydrogen-bond acceptors (Lipinski definition) is 5. The van der Waals surface area contributed by atoms with Gasteiger partial charge in [-0.25, -0.2) is 8.42 Å². The second-order valence-electron chi connectivity index (χ2n) is 3.67. The SMILES string of the molecule is CS(=O)(=O)c1ccc(NCC(N)CN)cc1. The van der Waals surface area contributed by atoms with Gasteiger partial charge in [0.1, 0.15) is 0 Å². The van der Waals surface area contributed by atoms with E-state index in [2.05, 4.69) is 5.32 Å². The summed E-state index contributed by atoms with van der Waals surface area (Å²) in [6.45, 7) is 0.975. The van der Waals surface area contributed by atoms with Crippen molar-refractivity contribution >= 4 is 15.5 Å². The zero-order chi connectivity index (χ0) is 12.2. The molecule has 0 aliphatic rings. The topological polar surface area (TPSA) is 98.2 Å². The van der Waals surface area contributed by atoms with E-state index in [4.69, 9.17) is 11.5 Å². The maximum absolute atomic E-state index is 11.2. The summed E-state index contributed by atoms with van der Waals surface area (Å²) >= 11 is 0. The van der Waals surface area contributed by atoms with Crippen LogP contribution in [0, 0.1) is 0 Å². The van der Waals surface area contributed by atoms with E-state index in [9.17, 15) is 8.42 Å². The molecular weight excluding hydrogens is 226 g/mol. The van der Waals surface area contributed by atoms with E-state index in [1.165, 1.54) is 6.26 Å². The van der Waals surface area contributed by atoms with Crippen molar-refractivity contribution in [1.29, 1.82) is 0 Å². The van der Waals surface area contributed by atoms with Gasteiger partial charge in [0, 0.05) is 31.1 Å². The second kappa shape index (κ2) is 5.29. The molecule has 5 nitrogen and oxygen atoms in total. The monoisotopic (exact) mass is 243 g/mol. The molecule has 0 fully saturated rings. The zero-order valence-corrected chi connectivity index (χ0v) is 10.00. The second-order valence-corrected chi connectivity index (χ2v) is 5.69. The summed E-state index contributed by atoms with van der Waals surface area (Å²) in [6.07, 6.45) is 1.18. The van der Waals surface area contributed by atoms with Gasteiger partial charge in [0.05, 0.1) is 4.90 Å². The van der Waals surface area contributed by atoms with Gasteiger partial charge in [-0.3, -0.25) is 0 Å². The van der Waals surface area contributed by atoms with Gasteiger partial charge in [-0.15, -0.1) is 0 Å². The largest absolute Gasteiger partial charge is 0.383 e. The van der Waals surface area contributed by atoms with Crippen molar-refractivity contribution in [2.24, 2.45) is 11.5 Å². The Kier molecular flexibility index (Phi) is 4.28. The maximum Gasteiger partial charge on any atom is 0.175 e. The minimum atomic E-state index is -3.13. The summed E-state index contributed by atoms with van der Waals surface area (Å²) < 4.78 is 22.4. The van der Waals surface area contributed by atoms with Crippen LogP contribution < -0.4 is 16.8 Å². The van der Waals surface area contributed by atoms with Crippen LogP contribution in [-0.2, 0) is 9.84 Å². The molecule has 6 heteroatoms. The fraction of sp³-hybridized carbons (Fsp3) is 0.400. The Bertz CT molecular complexity index is 428. The summed E-state index contributed by atoms with van der Waals surface area (Å²) in [5.74, 6) is 0. The summed E-state index contributed by atoms with van der Waals surface area (Å²) in [5.41, 5.74) is 11.8. The van der Waals surface area contributed by atoms with Gasteiger partial charge in [-0.1, -0.05) is 0 Å². The van der Waals surface area contributed by atoms with Crippen molar-refractivity contribution in [2.45, 2.75) is 10.9 Å². The first-order chi connectivity index (χ1) is 7.43. The smallest absolute Gasteiger partial charge is 0.175 e. The third-order valence-corrected chi connectivity index (χ3v) is 3.28. The molecule has 0 bridgehead atoms. The first-order valence-electron chi connectivity index (χ1n) is 4.93. The molecule has 0 aliphatic carbocycles. The molecule has 5 N–H and O–H groups in total. The standard InChI is InChI=1S/C10H17N3O2S/c1-16(14,15)10-4-2-9(3-5-10)13-7-8(12)6-11/h2-5,8,13H,6-7,11-12H2,1H3. The molecule has 1 unspecified atom stereocenters. The Morgan fingerprint density at radius 3 is 2.31 bits per heavy atom. The molecular formula is C10H17N3O2S. The number of anilines is 1. The van der Waals surface area contributed by atoms with Gasteiger partial charge in [0.25, 0.3) is 0 Å². The molecule has 1 aromatic carbocycles. The molecule has 0 heterocycles. The maximum atomic E-state index is 11.2. The number of nitrogens with one attached hydrogen (secondary N) is 1. The van der Waals surface area contributed by atoms with E-state index in [0.717, 1.165) is 5.69 Å². The molecule has 1 atom stereocenters. The van der Waals surface area contributed by atoms with Gasteiger partial charge in [0.2, 0.25) is 0 Å². The third-order valence-electron chi connectivity index (χ3n) is 2.15.